The Bertz CT molecular complexity index is 567. The SMILES string of the molecule is Br.CCCCCC(O)/C=C/[C@H]1C(O)CC(=O)[C@@H]1CCCCCCC(=O)OC(C)N(CC)CC. The first-order valence-corrected chi connectivity index (χ1v) is 12.8. The second-order valence-electron chi connectivity index (χ2n) is 9.13. The maximum absolute atomic E-state index is 12.3. The van der Waals surface area contributed by atoms with Crippen LogP contribution >= 0.6 is 17.0 Å². The van der Waals surface area contributed by atoms with Crippen LogP contribution in [0.25, 0.3) is 0 Å². The van der Waals surface area contributed by atoms with E-state index in [1.807, 2.05) is 13.0 Å². The zero-order valence-electron chi connectivity index (χ0n) is 21.2. The van der Waals surface area contributed by atoms with Crippen LogP contribution in [0.2, 0.25) is 0 Å². The number of halogens is 1. The molecule has 0 aliphatic heterocycles. The number of Topliss-reactive ketones (excluding diaryl/α,β-unsaturated/α-hetero) is 1. The van der Waals surface area contributed by atoms with E-state index in [0.29, 0.717) is 6.42 Å². The number of ketones is 1. The van der Waals surface area contributed by atoms with Crippen LogP contribution in [-0.4, -0.2) is 58.4 Å². The molecule has 1 aliphatic rings. The largest absolute Gasteiger partial charge is 0.447 e. The third-order valence-electron chi connectivity index (χ3n) is 6.67. The topological polar surface area (TPSA) is 87.1 Å². The number of aliphatic hydroxyl groups excluding tert-OH is 2. The van der Waals surface area contributed by atoms with Gasteiger partial charge in [-0.25, -0.2) is 0 Å². The van der Waals surface area contributed by atoms with Gasteiger partial charge in [0.1, 0.15) is 5.78 Å². The first kappa shape index (κ1) is 32.2. The third-order valence-corrected chi connectivity index (χ3v) is 6.67. The number of nitrogens with zero attached hydrogens (tertiary/aromatic N) is 1. The molecule has 0 saturated heterocycles. The number of rotatable bonds is 17. The Kier molecular flexibility index (Phi) is 18.1. The zero-order chi connectivity index (χ0) is 23.9. The fraction of sp³-hybridized carbons (Fsp3) is 0.846. The molecule has 5 atom stereocenters. The first-order valence-electron chi connectivity index (χ1n) is 12.8. The summed E-state index contributed by atoms with van der Waals surface area (Å²) in [6.45, 7) is 9.86. The van der Waals surface area contributed by atoms with E-state index in [2.05, 4.69) is 25.7 Å². The van der Waals surface area contributed by atoms with Crippen molar-refractivity contribution >= 4 is 28.7 Å². The Morgan fingerprint density at radius 2 is 1.79 bits per heavy atom. The Morgan fingerprint density at radius 1 is 1.12 bits per heavy atom. The highest BCUT2D eigenvalue weighted by Gasteiger charge is 2.39. The lowest BCUT2D eigenvalue weighted by molar-refractivity contribution is -0.157. The predicted molar refractivity (Wildman–Crippen MR) is 138 cm³/mol. The summed E-state index contributed by atoms with van der Waals surface area (Å²) in [5.74, 6) is -0.383. The highest BCUT2D eigenvalue weighted by atomic mass is 79.9. The molecule has 1 rings (SSSR count). The summed E-state index contributed by atoms with van der Waals surface area (Å²) >= 11 is 0. The second kappa shape index (κ2) is 18.6. The minimum absolute atomic E-state index is 0. The van der Waals surface area contributed by atoms with Gasteiger partial charge in [0.15, 0.2) is 6.23 Å². The lowest BCUT2D eigenvalue weighted by Gasteiger charge is -2.25. The smallest absolute Gasteiger partial charge is 0.307 e. The highest BCUT2D eigenvalue weighted by Crippen LogP contribution is 2.34. The van der Waals surface area contributed by atoms with Crippen molar-refractivity contribution in [2.24, 2.45) is 11.8 Å². The molecule has 194 valence electrons. The summed E-state index contributed by atoms with van der Waals surface area (Å²) in [4.78, 5) is 26.5. The fourth-order valence-electron chi connectivity index (χ4n) is 4.60. The molecule has 0 aromatic rings. The van der Waals surface area contributed by atoms with Crippen LogP contribution < -0.4 is 0 Å². The van der Waals surface area contributed by atoms with Gasteiger partial charge in [0, 0.05) is 24.7 Å². The van der Waals surface area contributed by atoms with Crippen molar-refractivity contribution in [1.82, 2.24) is 4.90 Å². The maximum atomic E-state index is 12.3. The van der Waals surface area contributed by atoms with Crippen LogP contribution in [-0.2, 0) is 14.3 Å². The molecule has 33 heavy (non-hydrogen) atoms. The number of esters is 1. The Balaban J connectivity index is 0.0000102. The van der Waals surface area contributed by atoms with Crippen LogP contribution in [0.5, 0.6) is 0 Å². The molecule has 2 N–H and O–H groups in total. The van der Waals surface area contributed by atoms with Crippen LogP contribution in [0.4, 0.5) is 0 Å². The van der Waals surface area contributed by atoms with Gasteiger partial charge >= 0.3 is 5.97 Å². The van der Waals surface area contributed by atoms with E-state index in [4.69, 9.17) is 4.74 Å². The number of hydrogen-bond donors (Lipinski definition) is 2. The van der Waals surface area contributed by atoms with E-state index >= 15 is 0 Å². The minimum Gasteiger partial charge on any atom is -0.447 e. The lowest BCUT2D eigenvalue weighted by Crippen LogP contribution is -2.36. The van der Waals surface area contributed by atoms with Gasteiger partial charge in [-0.1, -0.05) is 71.4 Å². The standard InChI is InChI=1S/C26H47NO5.BrH/c1-5-8-11-14-21(28)17-18-23-22(24(29)19-25(23)30)15-12-9-10-13-16-26(31)32-20(4)27(6-2)7-3;/h17-18,20-23,25,28,30H,5-16,19H2,1-4H3;1H/b18-17+;/t20?,21?,22-,23-,25?;/m1./s1. The molecule has 0 bridgehead atoms. The summed E-state index contributed by atoms with van der Waals surface area (Å²) in [5, 5.41) is 20.4. The number of carbonyl (C=O) groups excluding carboxylic acids is 2. The van der Waals surface area contributed by atoms with Crippen LogP contribution in [0.3, 0.4) is 0 Å². The lowest BCUT2D eigenvalue weighted by atomic mass is 9.88. The number of unbranched alkanes of at least 4 members (excludes halogenated alkanes) is 5. The monoisotopic (exact) mass is 533 g/mol. The van der Waals surface area contributed by atoms with Crippen molar-refractivity contribution < 1.29 is 24.5 Å². The van der Waals surface area contributed by atoms with Crippen molar-refractivity contribution in [2.45, 2.75) is 117 Å². The molecule has 1 fully saturated rings. The molecule has 0 aromatic carbocycles. The summed E-state index contributed by atoms with van der Waals surface area (Å²) in [6.07, 6.45) is 11.2. The molecule has 0 aromatic heterocycles. The molecule has 0 amide bonds. The van der Waals surface area contributed by atoms with Crippen LogP contribution in [0.15, 0.2) is 12.2 Å². The molecule has 0 spiro atoms. The number of carbonyl (C=O) groups is 2. The quantitative estimate of drug-likeness (QED) is 0.116. The van der Waals surface area contributed by atoms with E-state index in [-0.39, 0.29) is 53.2 Å². The Hall–Kier alpha value is -0.760. The molecule has 6 nitrogen and oxygen atoms in total. The van der Waals surface area contributed by atoms with Crippen molar-refractivity contribution in [3.05, 3.63) is 12.2 Å². The van der Waals surface area contributed by atoms with E-state index < -0.39 is 12.2 Å². The zero-order valence-corrected chi connectivity index (χ0v) is 22.9. The predicted octanol–water partition coefficient (Wildman–Crippen LogP) is 5.20. The van der Waals surface area contributed by atoms with E-state index in [1.165, 1.54) is 0 Å². The van der Waals surface area contributed by atoms with Gasteiger partial charge in [0.2, 0.25) is 0 Å². The maximum Gasteiger partial charge on any atom is 0.307 e. The fourth-order valence-corrected chi connectivity index (χ4v) is 4.60. The molecule has 0 radical (unpaired) electrons. The van der Waals surface area contributed by atoms with Gasteiger partial charge in [-0.05, 0) is 39.3 Å². The van der Waals surface area contributed by atoms with Crippen molar-refractivity contribution in [3.63, 3.8) is 0 Å². The molecule has 0 heterocycles. The van der Waals surface area contributed by atoms with E-state index in [1.54, 1.807) is 6.08 Å². The van der Waals surface area contributed by atoms with E-state index in [0.717, 1.165) is 70.9 Å². The highest BCUT2D eigenvalue weighted by molar-refractivity contribution is 8.93. The van der Waals surface area contributed by atoms with Gasteiger partial charge in [-0.15, -0.1) is 17.0 Å². The molecule has 3 unspecified atom stereocenters. The minimum atomic E-state index is -0.644. The van der Waals surface area contributed by atoms with Gasteiger partial charge in [0.25, 0.3) is 0 Å². The first-order chi connectivity index (χ1) is 15.3. The molecular weight excluding hydrogens is 486 g/mol. The molecular formula is C26H48BrNO5. The third kappa shape index (κ3) is 12.5. The number of aliphatic hydroxyl groups is 2. The van der Waals surface area contributed by atoms with Gasteiger partial charge < -0.3 is 14.9 Å². The number of ether oxygens (including phenoxy) is 1. The van der Waals surface area contributed by atoms with Crippen molar-refractivity contribution in [1.29, 1.82) is 0 Å². The summed E-state index contributed by atoms with van der Waals surface area (Å²) in [7, 11) is 0. The van der Waals surface area contributed by atoms with Crippen molar-refractivity contribution in [3.8, 4) is 0 Å². The van der Waals surface area contributed by atoms with Gasteiger partial charge in [-0.2, -0.15) is 0 Å². The Labute approximate surface area is 211 Å². The normalized spacial score (nSPS) is 22.5. The van der Waals surface area contributed by atoms with Crippen LogP contribution in [0.1, 0.15) is 98.3 Å². The Morgan fingerprint density at radius 3 is 2.42 bits per heavy atom. The van der Waals surface area contributed by atoms with Crippen molar-refractivity contribution in [2.75, 3.05) is 13.1 Å². The van der Waals surface area contributed by atoms with Crippen LogP contribution in [0, 0.1) is 11.8 Å². The molecule has 1 aliphatic carbocycles. The van der Waals surface area contributed by atoms with Gasteiger partial charge in [0.05, 0.1) is 12.2 Å². The average Bonchev–Trinajstić information content (AvgIpc) is 3.02. The summed E-state index contributed by atoms with van der Waals surface area (Å²) < 4.78 is 5.49. The summed E-state index contributed by atoms with van der Waals surface area (Å²) in [5.41, 5.74) is 0. The molecule has 1 saturated carbocycles. The summed E-state index contributed by atoms with van der Waals surface area (Å²) in [6, 6.07) is 0. The number of hydrogen-bond acceptors (Lipinski definition) is 6. The van der Waals surface area contributed by atoms with Gasteiger partial charge in [-0.3, -0.25) is 14.5 Å². The average molecular weight is 535 g/mol. The molecule has 7 heteroatoms. The van der Waals surface area contributed by atoms with E-state index in [9.17, 15) is 19.8 Å². The second-order valence-corrected chi connectivity index (χ2v) is 9.13.